The first-order valence-corrected chi connectivity index (χ1v) is 6.70. The highest BCUT2D eigenvalue weighted by Crippen LogP contribution is 2.35. The van der Waals surface area contributed by atoms with Crippen LogP contribution in [0, 0.1) is 6.92 Å². The summed E-state index contributed by atoms with van der Waals surface area (Å²) in [6, 6.07) is 7.48. The molecule has 110 valence electrons. The number of hydrogen-bond acceptors (Lipinski definition) is 4. The van der Waals surface area contributed by atoms with Crippen molar-refractivity contribution in [1.29, 1.82) is 0 Å². The van der Waals surface area contributed by atoms with Crippen molar-refractivity contribution in [2.45, 2.75) is 13.5 Å². The Hall–Kier alpha value is -2.50. The van der Waals surface area contributed by atoms with Gasteiger partial charge < -0.3 is 14.4 Å². The van der Waals surface area contributed by atoms with Crippen LogP contribution in [0.2, 0.25) is 0 Å². The molecular formula is C15H17N3O3. The Morgan fingerprint density at radius 3 is 2.95 bits per heavy atom. The van der Waals surface area contributed by atoms with E-state index in [9.17, 15) is 4.79 Å². The van der Waals surface area contributed by atoms with E-state index >= 15 is 0 Å². The van der Waals surface area contributed by atoms with E-state index in [2.05, 4.69) is 5.10 Å². The predicted octanol–water partition coefficient (Wildman–Crippen LogP) is 1.73. The molecule has 0 aliphatic carbocycles. The third-order valence-corrected chi connectivity index (χ3v) is 3.45. The van der Waals surface area contributed by atoms with Gasteiger partial charge in [-0.2, -0.15) is 5.10 Å². The average molecular weight is 287 g/mol. The number of nitrogens with zero attached hydrogens (tertiary/aromatic N) is 3. The van der Waals surface area contributed by atoms with Crippen LogP contribution in [0.4, 0.5) is 0 Å². The Kier molecular flexibility index (Phi) is 3.29. The summed E-state index contributed by atoms with van der Waals surface area (Å²) in [6.45, 7) is 2.55. The highest BCUT2D eigenvalue weighted by Gasteiger charge is 2.21. The Morgan fingerprint density at radius 1 is 1.43 bits per heavy atom. The number of amides is 1. The molecule has 0 unspecified atom stereocenters. The Bertz CT molecular complexity index is 693. The Balaban J connectivity index is 1.81. The van der Waals surface area contributed by atoms with Gasteiger partial charge in [0, 0.05) is 26.2 Å². The van der Waals surface area contributed by atoms with Crippen molar-refractivity contribution in [3.8, 4) is 11.5 Å². The van der Waals surface area contributed by atoms with Crippen LogP contribution in [0.3, 0.4) is 0 Å². The minimum Gasteiger partial charge on any atom is -0.454 e. The third kappa shape index (κ3) is 2.44. The van der Waals surface area contributed by atoms with Crippen LogP contribution in [0.1, 0.15) is 21.7 Å². The fraction of sp³-hybridized carbons (Fsp3) is 0.333. The second-order valence-electron chi connectivity index (χ2n) is 5.11. The molecule has 2 heterocycles. The van der Waals surface area contributed by atoms with Gasteiger partial charge in [-0.3, -0.25) is 9.48 Å². The number of aryl methyl sites for hydroxylation is 2. The fourth-order valence-corrected chi connectivity index (χ4v) is 2.45. The molecule has 6 nitrogen and oxygen atoms in total. The number of rotatable bonds is 3. The van der Waals surface area contributed by atoms with Crippen molar-refractivity contribution in [2.75, 3.05) is 13.8 Å². The average Bonchev–Trinajstić information content (AvgIpc) is 3.04. The van der Waals surface area contributed by atoms with Gasteiger partial charge in [-0.05, 0) is 19.1 Å². The van der Waals surface area contributed by atoms with Crippen molar-refractivity contribution < 1.29 is 14.3 Å². The van der Waals surface area contributed by atoms with Crippen LogP contribution in [0.15, 0.2) is 24.3 Å². The van der Waals surface area contributed by atoms with E-state index in [1.807, 2.05) is 25.1 Å². The summed E-state index contributed by atoms with van der Waals surface area (Å²) in [4.78, 5) is 14.1. The molecule has 21 heavy (non-hydrogen) atoms. The predicted molar refractivity (Wildman–Crippen MR) is 76.3 cm³/mol. The summed E-state index contributed by atoms with van der Waals surface area (Å²) >= 11 is 0. The number of carbonyl (C=O) groups is 1. The molecule has 0 saturated carbocycles. The van der Waals surface area contributed by atoms with Gasteiger partial charge in [-0.15, -0.1) is 0 Å². The summed E-state index contributed by atoms with van der Waals surface area (Å²) in [5, 5.41) is 4.20. The maximum atomic E-state index is 12.5. The molecule has 0 N–H and O–H groups in total. The lowest BCUT2D eigenvalue weighted by molar-refractivity contribution is 0.0773. The van der Waals surface area contributed by atoms with Gasteiger partial charge in [0.15, 0.2) is 11.5 Å². The number of fused-ring (bicyclic) bond motifs is 1. The lowest BCUT2D eigenvalue weighted by Crippen LogP contribution is -2.28. The van der Waals surface area contributed by atoms with Crippen molar-refractivity contribution in [2.24, 2.45) is 7.05 Å². The molecule has 1 aliphatic heterocycles. The van der Waals surface area contributed by atoms with E-state index in [-0.39, 0.29) is 12.7 Å². The van der Waals surface area contributed by atoms with E-state index < -0.39 is 0 Å². The molecule has 6 heteroatoms. The standard InChI is InChI=1S/C15H17N3O3/c1-10-7-12(18(3)16-10)15(19)17(2)8-11-5-4-6-13-14(11)21-9-20-13/h4-7H,8-9H2,1-3H3. The Labute approximate surface area is 122 Å². The van der Waals surface area contributed by atoms with Crippen LogP contribution in [0.5, 0.6) is 11.5 Å². The molecule has 0 atom stereocenters. The first kappa shape index (κ1) is 13.5. The van der Waals surface area contributed by atoms with Crippen LogP contribution < -0.4 is 9.47 Å². The van der Waals surface area contributed by atoms with Gasteiger partial charge in [-0.25, -0.2) is 0 Å². The molecule has 0 radical (unpaired) electrons. The van der Waals surface area contributed by atoms with E-state index in [0.29, 0.717) is 12.2 Å². The van der Waals surface area contributed by atoms with E-state index in [0.717, 1.165) is 22.8 Å². The molecule has 0 bridgehead atoms. The van der Waals surface area contributed by atoms with Gasteiger partial charge in [0.1, 0.15) is 5.69 Å². The summed E-state index contributed by atoms with van der Waals surface area (Å²) in [6.07, 6.45) is 0. The number of carbonyl (C=O) groups excluding carboxylic acids is 1. The maximum Gasteiger partial charge on any atom is 0.272 e. The lowest BCUT2D eigenvalue weighted by atomic mass is 10.1. The first-order chi connectivity index (χ1) is 10.1. The fourth-order valence-electron chi connectivity index (χ4n) is 2.45. The zero-order valence-corrected chi connectivity index (χ0v) is 12.3. The van der Waals surface area contributed by atoms with Crippen LogP contribution >= 0.6 is 0 Å². The Morgan fingerprint density at radius 2 is 2.24 bits per heavy atom. The zero-order chi connectivity index (χ0) is 15.0. The van der Waals surface area contributed by atoms with Crippen LogP contribution in [-0.4, -0.2) is 34.4 Å². The summed E-state index contributed by atoms with van der Waals surface area (Å²) in [5.74, 6) is 1.37. The number of aromatic nitrogens is 2. The van der Waals surface area contributed by atoms with Gasteiger partial charge in [-0.1, -0.05) is 12.1 Å². The molecule has 1 aromatic heterocycles. The molecule has 1 aromatic carbocycles. The first-order valence-electron chi connectivity index (χ1n) is 6.70. The van der Waals surface area contributed by atoms with E-state index in [4.69, 9.17) is 9.47 Å². The van der Waals surface area contributed by atoms with E-state index in [1.54, 1.807) is 29.7 Å². The molecule has 0 saturated heterocycles. The molecule has 2 aromatic rings. The summed E-state index contributed by atoms with van der Waals surface area (Å²) in [5.41, 5.74) is 2.33. The molecule has 3 rings (SSSR count). The highest BCUT2D eigenvalue weighted by molar-refractivity contribution is 5.92. The third-order valence-electron chi connectivity index (χ3n) is 3.45. The smallest absolute Gasteiger partial charge is 0.272 e. The van der Waals surface area contributed by atoms with Crippen molar-refractivity contribution in [3.05, 3.63) is 41.2 Å². The lowest BCUT2D eigenvalue weighted by Gasteiger charge is -2.18. The van der Waals surface area contributed by atoms with Crippen LogP contribution in [-0.2, 0) is 13.6 Å². The maximum absolute atomic E-state index is 12.5. The second kappa shape index (κ2) is 5.12. The van der Waals surface area contributed by atoms with Crippen molar-refractivity contribution in [3.63, 3.8) is 0 Å². The second-order valence-corrected chi connectivity index (χ2v) is 5.11. The quantitative estimate of drug-likeness (QED) is 0.862. The monoisotopic (exact) mass is 287 g/mol. The minimum atomic E-state index is -0.0744. The molecular weight excluding hydrogens is 270 g/mol. The van der Waals surface area contributed by atoms with Gasteiger partial charge in [0.2, 0.25) is 6.79 Å². The topological polar surface area (TPSA) is 56.6 Å². The van der Waals surface area contributed by atoms with Crippen LogP contribution in [0.25, 0.3) is 0 Å². The largest absolute Gasteiger partial charge is 0.454 e. The molecule has 0 spiro atoms. The number of benzene rings is 1. The number of hydrogen-bond donors (Lipinski definition) is 0. The summed E-state index contributed by atoms with van der Waals surface area (Å²) < 4.78 is 12.4. The highest BCUT2D eigenvalue weighted by atomic mass is 16.7. The van der Waals surface area contributed by atoms with Gasteiger partial charge >= 0.3 is 0 Å². The molecule has 1 aliphatic rings. The number of ether oxygens (including phenoxy) is 2. The SMILES string of the molecule is Cc1cc(C(=O)N(C)Cc2cccc3c2OCO3)n(C)n1. The van der Waals surface area contributed by atoms with Crippen molar-refractivity contribution >= 4 is 5.91 Å². The van der Waals surface area contributed by atoms with Crippen molar-refractivity contribution in [1.82, 2.24) is 14.7 Å². The van der Waals surface area contributed by atoms with Gasteiger partial charge in [0.25, 0.3) is 5.91 Å². The van der Waals surface area contributed by atoms with Gasteiger partial charge in [0.05, 0.1) is 5.69 Å². The normalized spacial score (nSPS) is 12.5. The number of para-hydroxylation sites is 1. The summed E-state index contributed by atoms with van der Waals surface area (Å²) in [7, 11) is 3.53. The molecule has 1 amide bonds. The zero-order valence-electron chi connectivity index (χ0n) is 12.3. The molecule has 0 fully saturated rings. The van der Waals surface area contributed by atoms with E-state index in [1.165, 1.54) is 0 Å². The minimum absolute atomic E-state index is 0.0744.